The SMILES string of the molecule is Cc1cc(C(C)(C)C)cc(C)c1COC(=O)c1nc(Cl)c(Cl)c(Cl)c1Cl. The summed E-state index contributed by atoms with van der Waals surface area (Å²) in [7, 11) is 0. The number of hydrogen-bond donors (Lipinski definition) is 0. The van der Waals surface area contributed by atoms with Crippen LogP contribution >= 0.6 is 46.4 Å². The zero-order valence-corrected chi connectivity index (χ0v) is 18.2. The highest BCUT2D eigenvalue weighted by Crippen LogP contribution is 2.36. The Balaban J connectivity index is 2.26. The molecule has 26 heavy (non-hydrogen) atoms. The number of aryl methyl sites for hydroxylation is 2. The molecule has 1 aromatic carbocycles. The first-order chi connectivity index (χ1) is 11.9. The largest absolute Gasteiger partial charge is 0.456 e. The predicted octanol–water partition coefficient (Wildman–Crippen LogP) is 6.97. The van der Waals surface area contributed by atoms with E-state index in [9.17, 15) is 4.79 Å². The number of aromatic nitrogens is 1. The third-order valence-electron chi connectivity index (χ3n) is 4.09. The first-order valence-corrected chi connectivity index (χ1v) is 9.42. The number of rotatable bonds is 3. The fourth-order valence-electron chi connectivity index (χ4n) is 2.48. The minimum Gasteiger partial charge on any atom is -0.456 e. The Kier molecular flexibility index (Phi) is 6.50. The van der Waals surface area contributed by atoms with Gasteiger partial charge in [0.1, 0.15) is 11.8 Å². The standard InChI is InChI=1S/C19H19Cl4NO2/c1-9-6-11(19(3,4)5)7-10(2)12(9)8-26-18(25)16-14(21)13(20)15(22)17(23)24-16/h6-7H,8H2,1-5H3. The second-order valence-corrected chi connectivity index (χ2v) is 8.60. The van der Waals surface area contributed by atoms with Crippen LogP contribution in [0.1, 0.15) is 53.5 Å². The Morgan fingerprint density at radius 1 is 1.00 bits per heavy atom. The number of benzene rings is 1. The summed E-state index contributed by atoms with van der Waals surface area (Å²) in [5, 5.41) is -0.209. The average Bonchev–Trinajstić information content (AvgIpc) is 2.54. The molecule has 7 heteroatoms. The van der Waals surface area contributed by atoms with Crippen LogP contribution in [0.4, 0.5) is 0 Å². The molecule has 0 saturated heterocycles. The van der Waals surface area contributed by atoms with Gasteiger partial charge in [-0.3, -0.25) is 0 Å². The molecule has 3 nitrogen and oxygen atoms in total. The van der Waals surface area contributed by atoms with Gasteiger partial charge in [-0.25, -0.2) is 9.78 Å². The average molecular weight is 435 g/mol. The number of esters is 1. The number of halogens is 4. The van der Waals surface area contributed by atoms with Gasteiger partial charge in [0, 0.05) is 0 Å². The number of hydrogen-bond acceptors (Lipinski definition) is 3. The van der Waals surface area contributed by atoms with E-state index in [1.54, 1.807) is 0 Å². The van der Waals surface area contributed by atoms with Crippen LogP contribution < -0.4 is 0 Å². The van der Waals surface area contributed by atoms with Gasteiger partial charge in [-0.1, -0.05) is 79.3 Å². The van der Waals surface area contributed by atoms with E-state index in [4.69, 9.17) is 51.1 Å². The molecule has 0 atom stereocenters. The van der Waals surface area contributed by atoms with Gasteiger partial charge in [0.15, 0.2) is 5.69 Å². The number of pyridine rings is 1. The molecular formula is C19H19Cl4NO2. The topological polar surface area (TPSA) is 39.2 Å². The lowest BCUT2D eigenvalue weighted by Crippen LogP contribution is -2.14. The summed E-state index contributed by atoms with van der Waals surface area (Å²) >= 11 is 23.7. The highest BCUT2D eigenvalue weighted by atomic mass is 35.5. The van der Waals surface area contributed by atoms with Crippen LogP contribution in [0, 0.1) is 13.8 Å². The summed E-state index contributed by atoms with van der Waals surface area (Å²) in [6.45, 7) is 10.5. The zero-order valence-electron chi connectivity index (χ0n) is 15.1. The van der Waals surface area contributed by atoms with E-state index in [2.05, 4.69) is 37.9 Å². The summed E-state index contributed by atoms with van der Waals surface area (Å²) in [4.78, 5) is 16.3. The van der Waals surface area contributed by atoms with Gasteiger partial charge < -0.3 is 4.74 Å². The molecule has 1 aromatic heterocycles. The lowest BCUT2D eigenvalue weighted by atomic mass is 9.84. The number of carbonyl (C=O) groups excluding carboxylic acids is 1. The second kappa shape index (κ2) is 7.93. The quantitative estimate of drug-likeness (QED) is 0.386. The van der Waals surface area contributed by atoms with Gasteiger partial charge in [0.2, 0.25) is 0 Å². The van der Waals surface area contributed by atoms with E-state index in [0.717, 1.165) is 16.7 Å². The van der Waals surface area contributed by atoms with E-state index in [1.807, 2.05) is 13.8 Å². The third-order valence-corrected chi connectivity index (χ3v) is 5.77. The Morgan fingerprint density at radius 3 is 2.04 bits per heavy atom. The van der Waals surface area contributed by atoms with Crippen LogP contribution in [0.3, 0.4) is 0 Å². The van der Waals surface area contributed by atoms with E-state index in [1.165, 1.54) is 5.56 Å². The van der Waals surface area contributed by atoms with Gasteiger partial charge in [-0.15, -0.1) is 0 Å². The van der Waals surface area contributed by atoms with E-state index < -0.39 is 5.97 Å². The smallest absolute Gasteiger partial charge is 0.358 e. The van der Waals surface area contributed by atoms with Crippen LogP contribution in [0.2, 0.25) is 20.2 Å². The number of nitrogens with zero attached hydrogens (tertiary/aromatic N) is 1. The Morgan fingerprint density at radius 2 is 1.54 bits per heavy atom. The van der Waals surface area contributed by atoms with Crippen molar-refractivity contribution < 1.29 is 9.53 Å². The van der Waals surface area contributed by atoms with Crippen molar-refractivity contribution in [3.63, 3.8) is 0 Å². The van der Waals surface area contributed by atoms with Crippen LogP contribution in [0.5, 0.6) is 0 Å². The van der Waals surface area contributed by atoms with Crippen molar-refractivity contribution in [2.75, 3.05) is 0 Å². The molecule has 0 spiro atoms. The minimum atomic E-state index is -0.714. The zero-order chi connectivity index (χ0) is 19.8. The molecule has 140 valence electrons. The molecule has 0 fully saturated rings. The molecule has 2 rings (SSSR count). The summed E-state index contributed by atoms with van der Waals surface area (Å²) in [5.74, 6) is -0.714. The van der Waals surface area contributed by atoms with Crippen molar-refractivity contribution in [3.05, 3.63) is 60.3 Å². The lowest BCUT2D eigenvalue weighted by Gasteiger charge is -2.22. The van der Waals surface area contributed by atoms with Gasteiger partial charge >= 0.3 is 5.97 Å². The van der Waals surface area contributed by atoms with Crippen molar-refractivity contribution in [2.45, 2.75) is 46.6 Å². The molecule has 1 heterocycles. The maximum atomic E-state index is 12.4. The number of carbonyl (C=O) groups is 1. The molecular weight excluding hydrogens is 416 g/mol. The molecule has 0 aliphatic rings. The fourth-order valence-corrected chi connectivity index (χ4v) is 3.29. The molecule has 0 aliphatic heterocycles. The van der Waals surface area contributed by atoms with Gasteiger partial charge in [-0.05, 0) is 41.5 Å². The first-order valence-electron chi connectivity index (χ1n) is 7.91. The predicted molar refractivity (Wildman–Crippen MR) is 108 cm³/mol. The summed E-state index contributed by atoms with van der Waals surface area (Å²) < 4.78 is 5.39. The van der Waals surface area contributed by atoms with Gasteiger partial charge in [-0.2, -0.15) is 0 Å². The molecule has 0 unspecified atom stereocenters. The normalized spacial score (nSPS) is 11.6. The highest BCUT2D eigenvalue weighted by Gasteiger charge is 2.22. The maximum Gasteiger partial charge on any atom is 0.358 e. The monoisotopic (exact) mass is 433 g/mol. The van der Waals surface area contributed by atoms with E-state index in [0.29, 0.717) is 0 Å². The lowest BCUT2D eigenvalue weighted by molar-refractivity contribution is 0.0465. The third kappa shape index (κ3) is 4.45. The van der Waals surface area contributed by atoms with E-state index >= 15 is 0 Å². The maximum absolute atomic E-state index is 12.4. The Hall–Kier alpha value is -1.000. The molecule has 0 bridgehead atoms. The van der Waals surface area contributed by atoms with Crippen molar-refractivity contribution in [2.24, 2.45) is 0 Å². The summed E-state index contributed by atoms with van der Waals surface area (Å²) in [6.07, 6.45) is 0. The molecule has 2 aromatic rings. The number of ether oxygens (including phenoxy) is 1. The molecule has 0 N–H and O–H groups in total. The van der Waals surface area contributed by atoms with Crippen LogP contribution in [0.15, 0.2) is 12.1 Å². The van der Waals surface area contributed by atoms with Crippen LogP contribution in [-0.2, 0) is 16.8 Å². The highest BCUT2D eigenvalue weighted by molar-refractivity contribution is 6.52. The Labute approximate surface area is 173 Å². The molecule has 0 amide bonds. The Bertz CT molecular complexity index is 850. The molecule has 0 aliphatic carbocycles. The van der Waals surface area contributed by atoms with Crippen molar-refractivity contribution >= 4 is 52.4 Å². The minimum absolute atomic E-state index is 0.000610. The molecule has 0 saturated carbocycles. The van der Waals surface area contributed by atoms with Gasteiger partial charge in [0.25, 0.3) is 0 Å². The van der Waals surface area contributed by atoms with E-state index in [-0.39, 0.29) is 37.9 Å². The summed E-state index contributed by atoms with van der Waals surface area (Å²) in [6, 6.07) is 4.22. The van der Waals surface area contributed by atoms with Crippen molar-refractivity contribution in [1.82, 2.24) is 4.98 Å². The van der Waals surface area contributed by atoms with Gasteiger partial charge in [0.05, 0.1) is 15.1 Å². The van der Waals surface area contributed by atoms with Crippen LogP contribution in [0.25, 0.3) is 0 Å². The fraction of sp³-hybridized carbons (Fsp3) is 0.368. The van der Waals surface area contributed by atoms with Crippen LogP contribution in [-0.4, -0.2) is 11.0 Å². The van der Waals surface area contributed by atoms with Crippen molar-refractivity contribution in [3.8, 4) is 0 Å². The molecule has 0 radical (unpaired) electrons. The summed E-state index contributed by atoms with van der Waals surface area (Å²) in [5.41, 5.74) is 4.15. The first kappa shape index (κ1) is 21.3. The van der Waals surface area contributed by atoms with Crippen molar-refractivity contribution in [1.29, 1.82) is 0 Å². The second-order valence-electron chi connectivity index (χ2n) is 7.11.